The Morgan fingerprint density at radius 1 is 0.724 bits per heavy atom. The van der Waals surface area contributed by atoms with Crippen LogP contribution in [0.3, 0.4) is 0 Å². The molecule has 0 saturated carbocycles. The van der Waals surface area contributed by atoms with Gasteiger partial charge in [0.15, 0.2) is 23.0 Å². The molecule has 5 rings (SSSR count). The smallest absolute Gasteiger partial charge is 0.412 e. The zero-order valence-electron chi connectivity index (χ0n) is 35.0. The van der Waals surface area contributed by atoms with Crippen LogP contribution in [-0.2, 0) is 19.0 Å². The summed E-state index contributed by atoms with van der Waals surface area (Å²) in [7, 11) is 7.13. The summed E-state index contributed by atoms with van der Waals surface area (Å²) in [5.74, 6) is 0.293. The maximum atomic E-state index is 14.8. The first-order chi connectivity index (χ1) is 27.4. The third kappa shape index (κ3) is 9.76. The Morgan fingerprint density at radius 3 is 1.81 bits per heavy atom. The number of nitrogens with zero attached hydrogens (tertiary/aromatic N) is 2. The zero-order valence-corrected chi connectivity index (χ0v) is 35.0. The van der Waals surface area contributed by atoms with Crippen LogP contribution in [0.4, 0.5) is 10.5 Å². The number of methoxy groups -OCH3 is 5. The van der Waals surface area contributed by atoms with Crippen molar-refractivity contribution < 1.29 is 52.3 Å². The fraction of sp³-hybridized carbons (Fsp3) is 0.442. The number of carbonyl (C=O) groups is 3. The molecule has 0 atom stereocenters. The molecule has 1 amide bonds. The van der Waals surface area contributed by atoms with Crippen LogP contribution in [0.2, 0.25) is 0 Å². The van der Waals surface area contributed by atoms with E-state index in [0.29, 0.717) is 76.8 Å². The summed E-state index contributed by atoms with van der Waals surface area (Å²) in [6.45, 7) is 12.2. The standard InChI is InChI=1S/C43H53N3O12/c1-42(2,3)57-39(48)25-16-18-45(19-17-25)24-56-32-23-30-29(22-31(32)51-7)35(26-20-33(52-8)37(54-10)34(21-26)53-9)36(40(49)55-11)46(38(30)47)28-14-12-27(13-15-28)44-41(50)58-43(4,5)6/h12-15,20-23,25H,16-19,24H2,1-11H3,(H,44,50). The van der Waals surface area contributed by atoms with E-state index in [9.17, 15) is 19.2 Å². The maximum absolute atomic E-state index is 14.8. The van der Waals surface area contributed by atoms with Crippen molar-refractivity contribution in [3.8, 4) is 45.6 Å². The number of esters is 2. The summed E-state index contributed by atoms with van der Waals surface area (Å²) in [5.41, 5.74) is -0.533. The Balaban J connectivity index is 1.66. The highest BCUT2D eigenvalue weighted by molar-refractivity contribution is 6.08. The van der Waals surface area contributed by atoms with E-state index in [1.807, 2.05) is 20.8 Å². The minimum absolute atomic E-state index is 0.106. The number of pyridine rings is 1. The first kappa shape index (κ1) is 43.2. The van der Waals surface area contributed by atoms with E-state index < -0.39 is 28.8 Å². The van der Waals surface area contributed by atoms with E-state index in [1.54, 1.807) is 69.3 Å². The van der Waals surface area contributed by atoms with Gasteiger partial charge in [-0.2, -0.15) is 0 Å². The van der Waals surface area contributed by atoms with Gasteiger partial charge in [-0.15, -0.1) is 0 Å². The summed E-state index contributed by atoms with van der Waals surface area (Å²) >= 11 is 0. The molecule has 3 aromatic carbocycles. The van der Waals surface area contributed by atoms with Gasteiger partial charge in [0.2, 0.25) is 5.75 Å². The lowest BCUT2D eigenvalue weighted by Crippen LogP contribution is -2.40. The number of carbonyl (C=O) groups excluding carboxylic acids is 3. The first-order valence-electron chi connectivity index (χ1n) is 18.8. The highest BCUT2D eigenvalue weighted by Crippen LogP contribution is 2.45. The molecular weight excluding hydrogens is 750 g/mol. The SMILES string of the molecule is COC(=O)c1c(-c2cc(OC)c(OC)c(OC)c2)c2cc(OC)c(OCN3CCC(C(=O)OC(C)(C)C)CC3)cc2c(=O)n1-c1ccc(NC(=O)OC(C)(C)C)cc1. The number of hydrogen-bond donors (Lipinski definition) is 1. The van der Waals surface area contributed by atoms with Crippen molar-refractivity contribution in [1.29, 1.82) is 0 Å². The first-order valence-corrected chi connectivity index (χ1v) is 18.8. The van der Waals surface area contributed by atoms with Gasteiger partial charge in [-0.05, 0) is 108 Å². The minimum Gasteiger partial charge on any atom is -0.493 e. The second-order valence-electron chi connectivity index (χ2n) is 15.7. The average molecular weight is 804 g/mol. The van der Waals surface area contributed by atoms with E-state index in [4.69, 9.17) is 37.9 Å². The molecule has 0 aliphatic carbocycles. The lowest BCUT2D eigenvalue weighted by Gasteiger charge is -2.32. The second kappa shape index (κ2) is 17.7. The number of likely N-dealkylation sites (tertiary alicyclic amines) is 1. The van der Waals surface area contributed by atoms with E-state index >= 15 is 0 Å². The van der Waals surface area contributed by atoms with Crippen LogP contribution >= 0.6 is 0 Å². The number of rotatable bonds is 12. The summed E-state index contributed by atoms with van der Waals surface area (Å²) in [5, 5.41) is 3.22. The number of amides is 1. The molecule has 1 aliphatic heterocycles. The van der Waals surface area contributed by atoms with Gasteiger partial charge < -0.3 is 37.9 Å². The zero-order chi connectivity index (χ0) is 42.5. The molecule has 312 valence electrons. The number of anilines is 1. The minimum atomic E-state index is -0.812. The van der Waals surface area contributed by atoms with Crippen molar-refractivity contribution >= 4 is 34.5 Å². The maximum Gasteiger partial charge on any atom is 0.412 e. The van der Waals surface area contributed by atoms with Gasteiger partial charge in [-0.25, -0.2) is 9.59 Å². The molecule has 4 aromatic rings. The molecule has 1 fully saturated rings. The lowest BCUT2D eigenvalue weighted by atomic mass is 9.95. The Kier molecular flexibility index (Phi) is 13.2. The van der Waals surface area contributed by atoms with Crippen molar-refractivity contribution in [1.82, 2.24) is 9.47 Å². The largest absolute Gasteiger partial charge is 0.493 e. The van der Waals surface area contributed by atoms with Gasteiger partial charge in [0.25, 0.3) is 5.56 Å². The number of hydrogen-bond acceptors (Lipinski definition) is 13. The van der Waals surface area contributed by atoms with E-state index in [-0.39, 0.29) is 35.4 Å². The highest BCUT2D eigenvalue weighted by atomic mass is 16.6. The molecule has 1 N–H and O–H groups in total. The number of nitrogens with one attached hydrogen (secondary N) is 1. The number of piperidine rings is 1. The van der Waals surface area contributed by atoms with Crippen LogP contribution < -0.4 is 34.6 Å². The molecular formula is C43H53N3O12. The summed E-state index contributed by atoms with van der Waals surface area (Å²) < 4.78 is 46.6. The van der Waals surface area contributed by atoms with Gasteiger partial charge in [0.05, 0.1) is 46.9 Å². The molecule has 15 nitrogen and oxygen atoms in total. The molecule has 0 unspecified atom stereocenters. The van der Waals surface area contributed by atoms with E-state index in [1.165, 1.54) is 40.1 Å². The predicted octanol–water partition coefficient (Wildman–Crippen LogP) is 7.22. The van der Waals surface area contributed by atoms with Crippen LogP contribution in [0.25, 0.3) is 27.6 Å². The third-order valence-electron chi connectivity index (χ3n) is 9.30. The third-order valence-corrected chi connectivity index (χ3v) is 9.30. The number of aromatic nitrogens is 1. The predicted molar refractivity (Wildman–Crippen MR) is 218 cm³/mol. The molecule has 1 aromatic heterocycles. The van der Waals surface area contributed by atoms with E-state index in [0.717, 1.165) is 0 Å². The van der Waals surface area contributed by atoms with E-state index in [2.05, 4.69) is 10.2 Å². The Labute approximate surface area is 338 Å². The van der Waals surface area contributed by atoms with Gasteiger partial charge in [0.1, 0.15) is 23.6 Å². The van der Waals surface area contributed by atoms with Crippen molar-refractivity contribution in [3.63, 3.8) is 0 Å². The molecule has 0 spiro atoms. The number of fused-ring (bicyclic) bond motifs is 1. The molecule has 1 saturated heterocycles. The van der Waals surface area contributed by atoms with Crippen LogP contribution in [0.1, 0.15) is 64.9 Å². The van der Waals surface area contributed by atoms with Crippen molar-refractivity contribution in [2.75, 3.05) is 60.7 Å². The highest BCUT2D eigenvalue weighted by Gasteiger charge is 2.31. The van der Waals surface area contributed by atoms with Crippen LogP contribution in [0, 0.1) is 5.92 Å². The summed E-state index contributed by atoms with van der Waals surface area (Å²) in [4.78, 5) is 56.1. The van der Waals surface area contributed by atoms with Crippen LogP contribution in [-0.4, -0.2) is 94.1 Å². The quantitative estimate of drug-likeness (QED) is 0.113. The van der Waals surface area contributed by atoms with Crippen LogP contribution in [0.5, 0.6) is 28.7 Å². The van der Waals surface area contributed by atoms with Gasteiger partial charge in [-0.1, -0.05) is 0 Å². The number of ether oxygens (including phenoxy) is 8. The summed E-state index contributed by atoms with van der Waals surface area (Å²) in [6.07, 6.45) is 0.563. The Morgan fingerprint density at radius 2 is 1.29 bits per heavy atom. The second-order valence-corrected chi connectivity index (χ2v) is 15.7. The van der Waals surface area contributed by atoms with Crippen molar-refractivity contribution in [3.05, 3.63) is 64.6 Å². The fourth-order valence-electron chi connectivity index (χ4n) is 6.69. The molecule has 1 aliphatic rings. The monoisotopic (exact) mass is 803 g/mol. The lowest BCUT2D eigenvalue weighted by molar-refractivity contribution is -0.161. The van der Waals surface area contributed by atoms with Crippen molar-refractivity contribution in [2.45, 2.75) is 65.6 Å². The normalized spacial score (nSPS) is 13.7. The molecule has 0 radical (unpaired) electrons. The summed E-state index contributed by atoms with van der Waals surface area (Å²) in [6, 6.07) is 12.9. The average Bonchev–Trinajstić information content (AvgIpc) is 3.17. The van der Waals surface area contributed by atoms with Gasteiger partial charge in [-0.3, -0.25) is 24.4 Å². The van der Waals surface area contributed by atoms with Crippen molar-refractivity contribution in [2.24, 2.45) is 5.92 Å². The molecule has 58 heavy (non-hydrogen) atoms. The molecule has 0 bridgehead atoms. The topological polar surface area (TPSA) is 162 Å². The fourth-order valence-corrected chi connectivity index (χ4v) is 6.69. The van der Waals surface area contributed by atoms with Crippen LogP contribution in [0.15, 0.2) is 53.3 Å². The molecule has 15 heteroatoms. The van der Waals surface area contributed by atoms with Gasteiger partial charge >= 0.3 is 18.0 Å². The molecule has 2 heterocycles. The van der Waals surface area contributed by atoms with Gasteiger partial charge in [0, 0.05) is 35.4 Å². The Bertz CT molecular complexity index is 2180. The number of benzene rings is 3. The Hall–Kier alpha value is -5.96.